The summed E-state index contributed by atoms with van der Waals surface area (Å²) < 4.78 is 0. The third-order valence-corrected chi connectivity index (χ3v) is 8.00. The number of pyridine rings is 1. The second-order valence-electron chi connectivity index (χ2n) is 9.73. The Morgan fingerprint density at radius 1 is 1.03 bits per heavy atom. The van der Waals surface area contributed by atoms with Gasteiger partial charge < -0.3 is 9.80 Å². The zero-order valence-corrected chi connectivity index (χ0v) is 18.4. The summed E-state index contributed by atoms with van der Waals surface area (Å²) in [6.45, 7) is 4.03. The van der Waals surface area contributed by atoms with Crippen molar-refractivity contribution in [3.63, 3.8) is 0 Å². The first-order chi connectivity index (χ1) is 15.0. The maximum atomic E-state index is 13.8. The third kappa shape index (κ3) is 3.26. The summed E-state index contributed by atoms with van der Waals surface area (Å²) in [6, 6.07) is 14.5. The molecule has 0 spiro atoms. The fourth-order valence-corrected chi connectivity index (χ4v) is 6.73. The van der Waals surface area contributed by atoms with Crippen LogP contribution >= 0.6 is 0 Å². The summed E-state index contributed by atoms with van der Waals surface area (Å²) in [7, 11) is 0. The molecule has 0 unspecified atom stereocenters. The molecular formula is C26H31N3O2. The highest BCUT2D eigenvalue weighted by atomic mass is 16.2. The lowest BCUT2D eigenvalue weighted by Crippen LogP contribution is -2.61. The fraction of sp³-hybridized carbons (Fsp3) is 0.500. The van der Waals surface area contributed by atoms with Crippen molar-refractivity contribution in [3.8, 4) is 0 Å². The average molecular weight is 418 g/mol. The van der Waals surface area contributed by atoms with Gasteiger partial charge in [0, 0.05) is 36.8 Å². The molecule has 5 nitrogen and oxygen atoms in total. The minimum atomic E-state index is -0.0576. The van der Waals surface area contributed by atoms with Gasteiger partial charge in [-0.15, -0.1) is 0 Å². The van der Waals surface area contributed by atoms with E-state index in [1.54, 1.807) is 19.3 Å². The first kappa shape index (κ1) is 20.2. The van der Waals surface area contributed by atoms with Crippen LogP contribution in [0.3, 0.4) is 0 Å². The van der Waals surface area contributed by atoms with Crippen molar-refractivity contribution < 1.29 is 9.59 Å². The molecule has 31 heavy (non-hydrogen) atoms. The molecule has 1 aliphatic carbocycles. The topological polar surface area (TPSA) is 53.5 Å². The number of rotatable bonds is 3. The summed E-state index contributed by atoms with van der Waals surface area (Å²) in [5, 5.41) is 0. The van der Waals surface area contributed by atoms with Crippen LogP contribution < -0.4 is 0 Å². The lowest BCUT2D eigenvalue weighted by atomic mass is 9.69. The van der Waals surface area contributed by atoms with E-state index in [2.05, 4.69) is 46.0 Å². The van der Waals surface area contributed by atoms with Gasteiger partial charge in [0.1, 0.15) is 0 Å². The van der Waals surface area contributed by atoms with Crippen LogP contribution in [0.4, 0.5) is 0 Å². The van der Waals surface area contributed by atoms with Gasteiger partial charge in [-0.05, 0) is 43.4 Å². The van der Waals surface area contributed by atoms with Crippen LogP contribution in [0.15, 0.2) is 54.9 Å². The molecule has 1 aromatic carbocycles. The van der Waals surface area contributed by atoms with Crippen molar-refractivity contribution in [1.29, 1.82) is 0 Å². The van der Waals surface area contributed by atoms with Crippen molar-refractivity contribution in [3.05, 3.63) is 66.0 Å². The van der Waals surface area contributed by atoms with Crippen LogP contribution in [0, 0.1) is 5.41 Å². The second kappa shape index (κ2) is 7.77. The Morgan fingerprint density at radius 3 is 2.39 bits per heavy atom. The second-order valence-corrected chi connectivity index (χ2v) is 9.73. The van der Waals surface area contributed by atoms with E-state index in [9.17, 15) is 9.59 Å². The molecule has 2 aromatic rings. The number of carbonyl (C=O) groups excluding carboxylic acids is 2. The summed E-state index contributed by atoms with van der Waals surface area (Å²) >= 11 is 0. The van der Waals surface area contributed by atoms with Gasteiger partial charge in [0.25, 0.3) is 5.91 Å². The monoisotopic (exact) mass is 417 g/mol. The van der Waals surface area contributed by atoms with E-state index in [0.717, 1.165) is 38.5 Å². The Hall–Kier alpha value is -2.69. The average Bonchev–Trinajstić information content (AvgIpc) is 2.93. The first-order valence-corrected chi connectivity index (χ1v) is 11.6. The summed E-state index contributed by atoms with van der Waals surface area (Å²) in [6.07, 6.45) is 9.39. The molecule has 3 fully saturated rings. The quantitative estimate of drug-likeness (QED) is 0.756. The van der Waals surface area contributed by atoms with Gasteiger partial charge in [-0.3, -0.25) is 14.6 Å². The lowest BCUT2D eigenvalue weighted by Gasteiger charge is -2.50. The van der Waals surface area contributed by atoms with E-state index in [-0.39, 0.29) is 41.4 Å². The molecule has 3 aliphatic rings. The standard InChI is InChI=1S/C26H31N3O2/c1-18(30)28-21(15-19-9-4-3-5-10-19)22-16-26(2)23(28)12-6-7-13-24(26)29(22)25(31)20-11-8-14-27-17-20/h3-5,8-11,14,17,21-24H,6-7,12-13,15-16H2,1-2H3/t21-,22-,23+,24-,26+/m0/s1. The number of amides is 2. The van der Waals surface area contributed by atoms with E-state index in [0.29, 0.717) is 5.56 Å². The number of likely N-dealkylation sites (tertiary alicyclic amines) is 2. The van der Waals surface area contributed by atoms with Crippen molar-refractivity contribution in [1.82, 2.24) is 14.8 Å². The molecule has 1 aromatic heterocycles. The predicted octanol–water partition coefficient (Wildman–Crippen LogP) is 4.09. The van der Waals surface area contributed by atoms with Gasteiger partial charge in [-0.25, -0.2) is 0 Å². The van der Waals surface area contributed by atoms with E-state index in [1.807, 2.05) is 18.2 Å². The summed E-state index contributed by atoms with van der Waals surface area (Å²) in [5.41, 5.74) is 1.81. The largest absolute Gasteiger partial charge is 0.334 e. The Bertz CT molecular complexity index is 963. The van der Waals surface area contributed by atoms with E-state index >= 15 is 0 Å². The normalized spacial score (nSPS) is 31.9. The van der Waals surface area contributed by atoms with Gasteiger partial charge in [0.05, 0.1) is 17.6 Å². The molecule has 2 bridgehead atoms. The first-order valence-electron chi connectivity index (χ1n) is 11.6. The zero-order valence-electron chi connectivity index (χ0n) is 18.4. The Labute approximate surface area is 184 Å². The number of nitrogens with zero attached hydrogens (tertiary/aromatic N) is 3. The van der Waals surface area contributed by atoms with Crippen LogP contribution in [-0.4, -0.2) is 50.8 Å². The zero-order chi connectivity index (χ0) is 21.6. The molecule has 2 aliphatic heterocycles. The van der Waals surface area contributed by atoms with Gasteiger partial charge in [-0.1, -0.05) is 50.1 Å². The smallest absolute Gasteiger partial charge is 0.256 e. The Balaban J connectivity index is 1.61. The van der Waals surface area contributed by atoms with E-state index < -0.39 is 0 Å². The maximum Gasteiger partial charge on any atom is 0.256 e. The van der Waals surface area contributed by atoms with Crippen LogP contribution in [0.2, 0.25) is 0 Å². The number of benzene rings is 1. The molecule has 162 valence electrons. The summed E-state index contributed by atoms with van der Waals surface area (Å²) in [4.78, 5) is 35.4. The van der Waals surface area contributed by atoms with Crippen molar-refractivity contribution >= 4 is 11.8 Å². The molecule has 3 heterocycles. The van der Waals surface area contributed by atoms with Crippen LogP contribution in [0.5, 0.6) is 0 Å². The Morgan fingerprint density at radius 2 is 1.74 bits per heavy atom. The van der Waals surface area contributed by atoms with Crippen molar-refractivity contribution in [2.45, 2.75) is 76.5 Å². The Kier molecular flexibility index (Phi) is 5.07. The fourth-order valence-electron chi connectivity index (χ4n) is 6.73. The third-order valence-electron chi connectivity index (χ3n) is 8.00. The molecular weight excluding hydrogens is 386 g/mol. The highest BCUT2D eigenvalue weighted by Gasteiger charge is 2.63. The molecule has 2 amide bonds. The molecule has 5 atom stereocenters. The van der Waals surface area contributed by atoms with Crippen LogP contribution in [0.1, 0.15) is 61.9 Å². The molecule has 0 N–H and O–H groups in total. The van der Waals surface area contributed by atoms with Crippen LogP contribution in [0.25, 0.3) is 0 Å². The number of carbonyl (C=O) groups is 2. The molecule has 1 saturated carbocycles. The minimum Gasteiger partial charge on any atom is -0.334 e. The maximum absolute atomic E-state index is 13.8. The number of piperidine rings is 1. The molecule has 5 heteroatoms. The van der Waals surface area contributed by atoms with Gasteiger partial charge >= 0.3 is 0 Å². The lowest BCUT2D eigenvalue weighted by molar-refractivity contribution is -0.141. The van der Waals surface area contributed by atoms with Gasteiger partial charge in [0.15, 0.2) is 0 Å². The number of hydrogen-bond acceptors (Lipinski definition) is 3. The van der Waals surface area contributed by atoms with Gasteiger partial charge in [0.2, 0.25) is 5.91 Å². The molecule has 2 saturated heterocycles. The SMILES string of the molecule is CC(=O)N1[C@@H](Cc2ccccc2)[C@@H]2C[C@@]3(C)[C@H](CCCC[C@@H]13)N2C(=O)c1cccnc1. The number of hydrogen-bond donors (Lipinski definition) is 0. The molecule has 5 rings (SSSR count). The van der Waals surface area contributed by atoms with E-state index in [4.69, 9.17) is 0 Å². The van der Waals surface area contributed by atoms with Gasteiger partial charge in [-0.2, -0.15) is 0 Å². The van der Waals surface area contributed by atoms with Crippen molar-refractivity contribution in [2.24, 2.45) is 5.41 Å². The summed E-state index contributed by atoms with van der Waals surface area (Å²) in [5.74, 6) is 0.203. The highest BCUT2D eigenvalue weighted by Crippen LogP contribution is 2.55. The van der Waals surface area contributed by atoms with Crippen LogP contribution in [-0.2, 0) is 11.2 Å². The molecule has 0 radical (unpaired) electrons. The minimum absolute atomic E-state index is 0.00157. The predicted molar refractivity (Wildman–Crippen MR) is 119 cm³/mol. The highest BCUT2D eigenvalue weighted by molar-refractivity contribution is 5.95. The van der Waals surface area contributed by atoms with Crippen molar-refractivity contribution in [2.75, 3.05) is 0 Å². The van der Waals surface area contributed by atoms with E-state index in [1.165, 1.54) is 5.56 Å². The number of fused-ring (bicyclic) bond motifs is 1. The number of aromatic nitrogens is 1.